The van der Waals surface area contributed by atoms with Crippen LogP contribution in [0.3, 0.4) is 0 Å². The number of hydrogen-bond acceptors (Lipinski definition) is 6. The van der Waals surface area contributed by atoms with Crippen molar-refractivity contribution in [2.45, 2.75) is 22.8 Å². The van der Waals surface area contributed by atoms with Crippen LogP contribution in [0.5, 0.6) is 5.75 Å². The van der Waals surface area contributed by atoms with Crippen LogP contribution in [0.2, 0.25) is 0 Å². The molecular formula is C18H21N3O4S2. The van der Waals surface area contributed by atoms with Gasteiger partial charge in [-0.15, -0.1) is 0 Å². The largest absolute Gasteiger partial charge is 0.497 e. The van der Waals surface area contributed by atoms with Crippen LogP contribution in [0.25, 0.3) is 0 Å². The minimum absolute atomic E-state index is 0.169. The molecular weight excluding hydrogens is 386 g/mol. The molecule has 1 N–H and O–H groups in total. The molecule has 27 heavy (non-hydrogen) atoms. The number of nitrogens with zero attached hydrogens (tertiary/aromatic N) is 2. The maximum absolute atomic E-state index is 12.5. The van der Waals surface area contributed by atoms with Gasteiger partial charge in [0, 0.05) is 31.0 Å². The molecule has 0 saturated carbocycles. The molecule has 0 spiro atoms. The Hall–Kier alpha value is -2.10. The Balaban J connectivity index is 1.56. The lowest BCUT2D eigenvalue weighted by atomic mass is 10.3. The summed E-state index contributed by atoms with van der Waals surface area (Å²) in [5, 5.41) is 3.38. The number of sulfonamides is 1. The highest BCUT2D eigenvalue weighted by atomic mass is 32.2. The smallest absolute Gasteiger partial charge is 0.244 e. The van der Waals surface area contributed by atoms with Crippen molar-refractivity contribution < 1.29 is 17.9 Å². The van der Waals surface area contributed by atoms with Gasteiger partial charge in [0.25, 0.3) is 0 Å². The Kier molecular flexibility index (Phi) is 6.35. The summed E-state index contributed by atoms with van der Waals surface area (Å²) in [6.07, 6.45) is 3.14. The fourth-order valence-corrected chi connectivity index (χ4v) is 4.83. The summed E-state index contributed by atoms with van der Waals surface area (Å²) in [6.45, 7) is 1.12. The summed E-state index contributed by atoms with van der Waals surface area (Å²) in [4.78, 5) is 16.5. The Morgan fingerprint density at radius 2 is 2.04 bits per heavy atom. The Bertz CT molecular complexity index is 895. The van der Waals surface area contributed by atoms with Gasteiger partial charge in [0.05, 0.1) is 17.9 Å². The number of anilines is 1. The van der Waals surface area contributed by atoms with Gasteiger partial charge in [-0.05, 0) is 37.1 Å². The normalized spacial score (nSPS) is 14.9. The monoisotopic (exact) mass is 407 g/mol. The van der Waals surface area contributed by atoms with Crippen molar-refractivity contribution in [1.29, 1.82) is 0 Å². The summed E-state index contributed by atoms with van der Waals surface area (Å²) in [6, 6.07) is 10.3. The number of methoxy groups -OCH3 is 1. The number of nitrogens with one attached hydrogen (secondary N) is 1. The lowest BCUT2D eigenvalue weighted by Crippen LogP contribution is -2.27. The van der Waals surface area contributed by atoms with Crippen LogP contribution in [0.4, 0.5) is 5.69 Å². The van der Waals surface area contributed by atoms with Crippen molar-refractivity contribution >= 4 is 33.4 Å². The van der Waals surface area contributed by atoms with Gasteiger partial charge in [-0.3, -0.25) is 4.79 Å². The first kappa shape index (κ1) is 19.7. The molecule has 1 aliphatic heterocycles. The molecule has 1 aromatic carbocycles. The van der Waals surface area contributed by atoms with Crippen molar-refractivity contribution in [3.63, 3.8) is 0 Å². The molecule has 0 radical (unpaired) electrons. The molecule has 2 aromatic rings. The van der Waals surface area contributed by atoms with Crippen LogP contribution in [-0.4, -0.2) is 49.6 Å². The van der Waals surface area contributed by atoms with Gasteiger partial charge in [0.2, 0.25) is 15.9 Å². The van der Waals surface area contributed by atoms with E-state index in [0.717, 1.165) is 12.8 Å². The van der Waals surface area contributed by atoms with Crippen molar-refractivity contribution in [3.8, 4) is 5.75 Å². The summed E-state index contributed by atoms with van der Waals surface area (Å²) in [5.74, 6) is 0.656. The molecule has 1 aromatic heterocycles. The first-order chi connectivity index (χ1) is 13.0. The van der Waals surface area contributed by atoms with E-state index in [4.69, 9.17) is 4.74 Å². The van der Waals surface area contributed by atoms with Crippen molar-refractivity contribution in [2.24, 2.45) is 0 Å². The average molecular weight is 408 g/mol. The molecule has 0 aliphatic carbocycles. The molecule has 3 rings (SSSR count). The zero-order chi connectivity index (χ0) is 19.3. The van der Waals surface area contributed by atoms with Crippen LogP contribution in [0, 0.1) is 0 Å². The highest BCUT2D eigenvalue weighted by Crippen LogP contribution is 2.23. The maximum atomic E-state index is 12.5. The van der Waals surface area contributed by atoms with Gasteiger partial charge in [-0.1, -0.05) is 17.8 Å². The number of thioether (sulfide) groups is 1. The number of aromatic nitrogens is 1. The van der Waals surface area contributed by atoms with Crippen LogP contribution >= 0.6 is 11.8 Å². The van der Waals surface area contributed by atoms with Crippen molar-refractivity contribution in [2.75, 3.05) is 31.3 Å². The number of ether oxygens (including phenoxy) is 1. The lowest BCUT2D eigenvalue weighted by Gasteiger charge is -2.15. The summed E-state index contributed by atoms with van der Waals surface area (Å²) in [7, 11) is -1.90. The Labute approximate surface area is 163 Å². The molecule has 1 aliphatic rings. The molecule has 0 unspecified atom stereocenters. The van der Waals surface area contributed by atoms with E-state index in [0.29, 0.717) is 29.6 Å². The van der Waals surface area contributed by atoms with E-state index in [1.54, 1.807) is 43.5 Å². The number of carbonyl (C=O) groups excluding carboxylic acids is 1. The average Bonchev–Trinajstić information content (AvgIpc) is 3.22. The summed E-state index contributed by atoms with van der Waals surface area (Å²) < 4.78 is 31.6. The molecule has 1 amide bonds. The van der Waals surface area contributed by atoms with E-state index in [2.05, 4.69) is 10.3 Å². The third-order valence-corrected chi connectivity index (χ3v) is 6.94. The molecule has 1 saturated heterocycles. The quantitative estimate of drug-likeness (QED) is 0.710. The Morgan fingerprint density at radius 3 is 2.70 bits per heavy atom. The number of hydrogen-bond donors (Lipinski definition) is 1. The highest BCUT2D eigenvalue weighted by molar-refractivity contribution is 7.99. The predicted molar refractivity (Wildman–Crippen MR) is 105 cm³/mol. The van der Waals surface area contributed by atoms with Gasteiger partial charge in [-0.25, -0.2) is 13.4 Å². The first-order valence-electron chi connectivity index (χ1n) is 8.52. The molecule has 2 heterocycles. The van der Waals surface area contributed by atoms with Crippen LogP contribution in [-0.2, 0) is 14.8 Å². The van der Waals surface area contributed by atoms with Gasteiger partial charge < -0.3 is 10.1 Å². The minimum atomic E-state index is -3.46. The fourth-order valence-electron chi connectivity index (χ4n) is 2.72. The number of benzene rings is 1. The number of carbonyl (C=O) groups is 1. The van der Waals surface area contributed by atoms with Crippen molar-refractivity contribution in [1.82, 2.24) is 9.29 Å². The van der Waals surface area contributed by atoms with Crippen LogP contribution < -0.4 is 10.1 Å². The Morgan fingerprint density at radius 1 is 1.26 bits per heavy atom. The van der Waals surface area contributed by atoms with E-state index in [-0.39, 0.29) is 16.6 Å². The fraction of sp³-hybridized carbons (Fsp3) is 0.333. The molecule has 7 nitrogen and oxygen atoms in total. The molecule has 144 valence electrons. The predicted octanol–water partition coefficient (Wildman–Crippen LogP) is 2.61. The number of amides is 1. The zero-order valence-electron chi connectivity index (χ0n) is 14.9. The van der Waals surface area contributed by atoms with E-state index in [1.165, 1.54) is 22.3 Å². The second kappa shape index (κ2) is 8.73. The van der Waals surface area contributed by atoms with Crippen LogP contribution in [0.1, 0.15) is 12.8 Å². The second-order valence-corrected chi connectivity index (χ2v) is 8.95. The van der Waals surface area contributed by atoms with E-state index in [1.807, 2.05) is 0 Å². The van der Waals surface area contributed by atoms with Crippen LogP contribution in [0.15, 0.2) is 52.5 Å². The third kappa shape index (κ3) is 5.00. The van der Waals surface area contributed by atoms with Gasteiger partial charge in [0.1, 0.15) is 10.6 Å². The summed E-state index contributed by atoms with van der Waals surface area (Å²) >= 11 is 1.25. The number of rotatable bonds is 7. The molecule has 0 atom stereocenters. The second-order valence-electron chi connectivity index (χ2n) is 6.01. The highest BCUT2D eigenvalue weighted by Gasteiger charge is 2.27. The van der Waals surface area contributed by atoms with E-state index < -0.39 is 10.0 Å². The zero-order valence-corrected chi connectivity index (χ0v) is 16.6. The molecule has 1 fully saturated rings. The maximum Gasteiger partial charge on any atom is 0.244 e. The topological polar surface area (TPSA) is 88.6 Å². The molecule has 0 bridgehead atoms. The van der Waals surface area contributed by atoms with Crippen molar-refractivity contribution in [3.05, 3.63) is 42.6 Å². The molecule has 9 heteroatoms. The van der Waals surface area contributed by atoms with Gasteiger partial charge in [-0.2, -0.15) is 4.31 Å². The minimum Gasteiger partial charge on any atom is -0.497 e. The van der Waals surface area contributed by atoms with E-state index >= 15 is 0 Å². The lowest BCUT2D eigenvalue weighted by molar-refractivity contribution is -0.113. The summed E-state index contributed by atoms with van der Waals surface area (Å²) in [5.41, 5.74) is 0.653. The first-order valence-corrected chi connectivity index (χ1v) is 10.9. The van der Waals surface area contributed by atoms with E-state index in [9.17, 15) is 13.2 Å². The van der Waals surface area contributed by atoms with Gasteiger partial charge in [0.15, 0.2) is 0 Å². The SMILES string of the molecule is COc1cccc(NC(=O)CSc2ccc(S(=O)(=O)N3CCCC3)cn2)c1. The number of pyridine rings is 1. The standard InChI is InChI=1S/C18H21N3O4S2/c1-25-15-6-4-5-14(11-15)20-17(22)13-26-18-8-7-16(12-19-18)27(23,24)21-9-2-3-10-21/h4-8,11-12H,2-3,9-10,13H2,1H3,(H,20,22). The third-order valence-electron chi connectivity index (χ3n) is 4.12. The van der Waals surface area contributed by atoms with Gasteiger partial charge >= 0.3 is 0 Å².